The Labute approximate surface area is 124 Å². The van der Waals surface area contributed by atoms with E-state index in [0.717, 1.165) is 11.3 Å². The Morgan fingerprint density at radius 1 is 1.45 bits per heavy atom. The van der Waals surface area contributed by atoms with E-state index in [0.29, 0.717) is 23.9 Å². The van der Waals surface area contributed by atoms with E-state index in [1.165, 1.54) is 5.01 Å². The number of hydrogen-bond acceptors (Lipinski definition) is 4. The maximum atomic E-state index is 11.7. The topological polar surface area (TPSA) is 53.9 Å². The molecule has 1 aromatic carbocycles. The molecule has 1 amide bonds. The highest BCUT2D eigenvalue weighted by molar-refractivity contribution is 6.31. The van der Waals surface area contributed by atoms with E-state index in [4.69, 9.17) is 16.3 Å². The molecule has 110 valence electrons. The molecule has 0 fully saturated rings. The average Bonchev–Trinajstić information content (AvgIpc) is 2.44. The Morgan fingerprint density at radius 3 is 2.70 bits per heavy atom. The molecule has 0 saturated heterocycles. The van der Waals surface area contributed by atoms with Crippen LogP contribution in [0.15, 0.2) is 23.3 Å². The van der Waals surface area contributed by atoms with Crippen molar-refractivity contribution in [3.05, 3.63) is 28.8 Å². The van der Waals surface area contributed by atoms with E-state index in [1.54, 1.807) is 13.0 Å². The molecule has 0 radical (unpaired) electrons. The minimum atomic E-state index is -0.456. The number of carbonyl (C=O) groups excluding carboxylic acids is 1. The molecule has 0 spiro atoms. The number of amides is 1. The van der Waals surface area contributed by atoms with Crippen LogP contribution in [0.3, 0.4) is 0 Å². The Kier molecular flexibility index (Phi) is 6.31. The van der Waals surface area contributed by atoms with Gasteiger partial charge in [0.25, 0.3) is 0 Å². The van der Waals surface area contributed by atoms with E-state index in [2.05, 4.69) is 10.4 Å². The van der Waals surface area contributed by atoms with Crippen LogP contribution in [0, 0.1) is 0 Å². The van der Waals surface area contributed by atoms with Gasteiger partial charge >= 0.3 is 6.09 Å². The van der Waals surface area contributed by atoms with Crippen LogP contribution < -0.4 is 5.32 Å². The Bertz CT molecular complexity index is 503. The van der Waals surface area contributed by atoms with E-state index in [9.17, 15) is 4.79 Å². The zero-order valence-electron chi connectivity index (χ0n) is 12.2. The molecule has 0 aliphatic rings. The SMILES string of the molecule is CCOC(=O)N(CC)/N=C(/C)c1cc(Cl)ccc1NC. The van der Waals surface area contributed by atoms with Crippen LogP contribution in [0.4, 0.5) is 10.5 Å². The van der Waals surface area contributed by atoms with Gasteiger partial charge in [-0.25, -0.2) is 4.79 Å². The number of nitrogens with zero attached hydrogens (tertiary/aromatic N) is 2. The van der Waals surface area contributed by atoms with Crippen molar-refractivity contribution in [2.75, 3.05) is 25.5 Å². The van der Waals surface area contributed by atoms with Gasteiger partial charge in [0, 0.05) is 29.9 Å². The Balaban J connectivity index is 3.08. The van der Waals surface area contributed by atoms with Crippen molar-refractivity contribution in [1.29, 1.82) is 0 Å². The molecular weight excluding hydrogens is 278 g/mol. The number of rotatable bonds is 5. The lowest BCUT2D eigenvalue weighted by Crippen LogP contribution is -2.27. The molecule has 0 aromatic heterocycles. The third kappa shape index (κ3) is 4.13. The summed E-state index contributed by atoms with van der Waals surface area (Å²) in [5, 5.41) is 9.29. The highest BCUT2D eigenvalue weighted by Gasteiger charge is 2.13. The molecule has 20 heavy (non-hydrogen) atoms. The second-order valence-electron chi connectivity index (χ2n) is 4.04. The van der Waals surface area contributed by atoms with Crippen molar-refractivity contribution in [3.63, 3.8) is 0 Å². The largest absolute Gasteiger partial charge is 0.448 e. The summed E-state index contributed by atoms with van der Waals surface area (Å²) in [6.07, 6.45) is -0.456. The van der Waals surface area contributed by atoms with Gasteiger partial charge in [0.15, 0.2) is 0 Å². The zero-order valence-corrected chi connectivity index (χ0v) is 13.0. The van der Waals surface area contributed by atoms with Gasteiger partial charge in [-0.3, -0.25) is 0 Å². The summed E-state index contributed by atoms with van der Waals surface area (Å²) in [5.74, 6) is 0. The minimum Gasteiger partial charge on any atom is -0.448 e. The lowest BCUT2D eigenvalue weighted by atomic mass is 10.1. The zero-order chi connectivity index (χ0) is 15.1. The smallest absolute Gasteiger partial charge is 0.430 e. The van der Waals surface area contributed by atoms with Gasteiger partial charge in [-0.05, 0) is 39.0 Å². The second-order valence-corrected chi connectivity index (χ2v) is 4.48. The third-order valence-electron chi connectivity index (χ3n) is 2.69. The molecule has 0 atom stereocenters. The van der Waals surface area contributed by atoms with E-state index in [1.807, 2.05) is 33.0 Å². The van der Waals surface area contributed by atoms with Crippen LogP contribution in [0.5, 0.6) is 0 Å². The van der Waals surface area contributed by atoms with Gasteiger partial charge in [0.1, 0.15) is 0 Å². The first kappa shape index (κ1) is 16.3. The summed E-state index contributed by atoms with van der Waals surface area (Å²) in [6.45, 7) is 6.19. The summed E-state index contributed by atoms with van der Waals surface area (Å²) in [5.41, 5.74) is 2.44. The van der Waals surface area contributed by atoms with Crippen LogP contribution >= 0.6 is 11.6 Å². The van der Waals surface area contributed by atoms with Crippen molar-refractivity contribution in [2.45, 2.75) is 20.8 Å². The maximum absolute atomic E-state index is 11.7. The van der Waals surface area contributed by atoms with Gasteiger partial charge in [0.05, 0.1) is 12.3 Å². The number of anilines is 1. The molecule has 0 unspecified atom stereocenters. The van der Waals surface area contributed by atoms with Gasteiger partial charge < -0.3 is 10.1 Å². The van der Waals surface area contributed by atoms with Gasteiger partial charge in [-0.2, -0.15) is 10.1 Å². The van der Waals surface area contributed by atoms with Gasteiger partial charge in [0.2, 0.25) is 0 Å². The quantitative estimate of drug-likeness (QED) is 0.667. The lowest BCUT2D eigenvalue weighted by molar-refractivity contribution is 0.110. The van der Waals surface area contributed by atoms with Crippen LogP contribution in [0.25, 0.3) is 0 Å². The van der Waals surface area contributed by atoms with Gasteiger partial charge in [-0.1, -0.05) is 11.6 Å². The van der Waals surface area contributed by atoms with Crippen molar-refractivity contribution < 1.29 is 9.53 Å². The van der Waals surface area contributed by atoms with Crippen molar-refractivity contribution in [1.82, 2.24) is 5.01 Å². The molecule has 0 bridgehead atoms. The predicted octanol–water partition coefficient (Wildman–Crippen LogP) is 3.58. The summed E-state index contributed by atoms with van der Waals surface area (Å²) in [7, 11) is 1.82. The van der Waals surface area contributed by atoms with Crippen LogP contribution in [-0.2, 0) is 4.74 Å². The number of carbonyl (C=O) groups is 1. The highest BCUT2D eigenvalue weighted by atomic mass is 35.5. The molecule has 0 saturated carbocycles. The third-order valence-corrected chi connectivity index (χ3v) is 2.92. The minimum absolute atomic E-state index is 0.322. The first-order chi connectivity index (χ1) is 9.53. The van der Waals surface area contributed by atoms with Crippen molar-refractivity contribution in [3.8, 4) is 0 Å². The summed E-state index contributed by atoms with van der Waals surface area (Å²) in [4.78, 5) is 11.7. The number of ether oxygens (including phenoxy) is 1. The Hall–Kier alpha value is -1.75. The molecule has 5 nitrogen and oxygen atoms in total. The fourth-order valence-corrected chi connectivity index (χ4v) is 1.88. The van der Waals surface area contributed by atoms with E-state index < -0.39 is 6.09 Å². The fraction of sp³-hybridized carbons (Fsp3) is 0.429. The number of hydrogen-bond donors (Lipinski definition) is 1. The molecule has 6 heteroatoms. The lowest BCUT2D eigenvalue weighted by Gasteiger charge is -2.16. The number of halogens is 1. The highest BCUT2D eigenvalue weighted by Crippen LogP contribution is 2.21. The molecular formula is C14H20ClN3O2. The molecule has 1 N–H and O–H groups in total. The normalized spacial score (nSPS) is 11.2. The fourth-order valence-electron chi connectivity index (χ4n) is 1.71. The number of hydrazone groups is 1. The summed E-state index contributed by atoms with van der Waals surface area (Å²) in [6, 6.07) is 5.48. The van der Waals surface area contributed by atoms with Crippen LogP contribution in [-0.4, -0.2) is 37.0 Å². The molecule has 1 aromatic rings. The summed E-state index contributed by atoms with van der Waals surface area (Å²) >= 11 is 6.01. The second kappa shape index (κ2) is 7.75. The monoisotopic (exact) mass is 297 g/mol. The first-order valence-electron chi connectivity index (χ1n) is 6.50. The van der Waals surface area contributed by atoms with Gasteiger partial charge in [-0.15, -0.1) is 0 Å². The van der Waals surface area contributed by atoms with E-state index >= 15 is 0 Å². The Morgan fingerprint density at radius 2 is 2.15 bits per heavy atom. The standard InChI is InChI=1S/C14H20ClN3O2/c1-5-18(14(19)20-6-2)17-10(3)12-9-11(15)7-8-13(12)16-4/h7-9,16H,5-6H2,1-4H3/b17-10-. The number of benzene rings is 1. The maximum Gasteiger partial charge on any atom is 0.430 e. The number of nitrogens with one attached hydrogen (secondary N) is 1. The molecule has 0 aliphatic heterocycles. The molecule has 0 heterocycles. The molecule has 0 aliphatic carbocycles. The van der Waals surface area contributed by atoms with Crippen molar-refractivity contribution in [2.24, 2.45) is 5.10 Å². The first-order valence-corrected chi connectivity index (χ1v) is 6.88. The van der Waals surface area contributed by atoms with Crippen LogP contribution in [0.2, 0.25) is 5.02 Å². The van der Waals surface area contributed by atoms with Crippen molar-refractivity contribution >= 4 is 29.1 Å². The van der Waals surface area contributed by atoms with Crippen LogP contribution in [0.1, 0.15) is 26.3 Å². The average molecular weight is 298 g/mol. The predicted molar refractivity (Wildman–Crippen MR) is 82.6 cm³/mol. The summed E-state index contributed by atoms with van der Waals surface area (Å²) < 4.78 is 4.95. The molecule has 1 rings (SSSR count). The van der Waals surface area contributed by atoms with E-state index in [-0.39, 0.29) is 0 Å².